The van der Waals surface area contributed by atoms with E-state index in [9.17, 15) is 4.79 Å². The van der Waals surface area contributed by atoms with Crippen LogP contribution in [0.2, 0.25) is 0 Å². The van der Waals surface area contributed by atoms with Gasteiger partial charge in [-0.1, -0.05) is 18.2 Å². The number of nitrogen functional groups attached to an aromatic ring is 1. The molecule has 1 aromatic carbocycles. The lowest BCUT2D eigenvalue weighted by Gasteiger charge is -2.13. The van der Waals surface area contributed by atoms with E-state index in [1.54, 1.807) is 11.1 Å². The van der Waals surface area contributed by atoms with E-state index in [1.807, 2.05) is 35.1 Å². The average Bonchev–Trinajstić information content (AvgIpc) is 3.06. The topological polar surface area (TPSA) is 76.2 Å². The van der Waals surface area contributed by atoms with Crippen molar-refractivity contribution in [2.75, 3.05) is 25.4 Å². The third kappa shape index (κ3) is 2.45. The molecule has 0 saturated carbocycles. The normalized spacial score (nSPS) is 14.6. The molecule has 3 N–H and O–H groups in total. The van der Waals surface area contributed by atoms with Gasteiger partial charge in [-0.25, -0.2) is 4.79 Å². The van der Waals surface area contributed by atoms with Gasteiger partial charge in [-0.15, -0.1) is 0 Å². The molecule has 0 atom stereocenters. The van der Waals surface area contributed by atoms with Gasteiger partial charge in [0.15, 0.2) is 0 Å². The van der Waals surface area contributed by atoms with Crippen molar-refractivity contribution in [2.45, 2.75) is 6.54 Å². The number of hydrogen-bond donors (Lipinski definition) is 2. The zero-order valence-corrected chi connectivity index (χ0v) is 11.1. The lowest BCUT2D eigenvalue weighted by atomic mass is 10.1. The Kier molecular flexibility index (Phi) is 3.28. The number of nitrogens with zero attached hydrogens (tertiary/aromatic N) is 3. The summed E-state index contributed by atoms with van der Waals surface area (Å²) in [7, 11) is 0. The van der Waals surface area contributed by atoms with E-state index in [1.165, 1.54) is 0 Å². The summed E-state index contributed by atoms with van der Waals surface area (Å²) in [6.07, 6.45) is 3.76. The number of aromatic nitrogens is 2. The van der Waals surface area contributed by atoms with Gasteiger partial charge in [0.05, 0.1) is 12.7 Å². The number of carbonyl (C=O) groups excluding carboxylic acids is 1. The minimum atomic E-state index is 0.00434. The van der Waals surface area contributed by atoms with Crippen molar-refractivity contribution in [2.24, 2.45) is 0 Å². The number of para-hydroxylation sites is 1. The van der Waals surface area contributed by atoms with Crippen molar-refractivity contribution in [1.82, 2.24) is 20.0 Å². The molecular weight excluding hydrogens is 254 g/mol. The Balaban J connectivity index is 1.68. The zero-order chi connectivity index (χ0) is 13.9. The van der Waals surface area contributed by atoms with Crippen LogP contribution in [0, 0.1) is 0 Å². The molecule has 104 valence electrons. The molecule has 0 aliphatic carbocycles. The van der Waals surface area contributed by atoms with Gasteiger partial charge in [0.2, 0.25) is 0 Å². The maximum Gasteiger partial charge on any atom is 0.317 e. The number of nitrogens with one attached hydrogen (secondary N) is 1. The van der Waals surface area contributed by atoms with Gasteiger partial charge in [0.1, 0.15) is 0 Å². The molecule has 0 spiro atoms. The SMILES string of the molecule is Nc1ccccc1-c1cnn(CCN2CCNC2=O)c1. The van der Waals surface area contributed by atoms with Crippen LogP contribution in [0.25, 0.3) is 11.1 Å². The first-order valence-corrected chi connectivity index (χ1v) is 6.64. The van der Waals surface area contributed by atoms with Crippen LogP contribution in [0.3, 0.4) is 0 Å². The van der Waals surface area contributed by atoms with Gasteiger partial charge in [0.25, 0.3) is 0 Å². The molecule has 1 saturated heterocycles. The van der Waals surface area contributed by atoms with Crippen LogP contribution in [-0.4, -0.2) is 40.3 Å². The average molecular weight is 271 g/mol. The number of amides is 2. The first-order chi connectivity index (χ1) is 9.74. The molecule has 1 aromatic heterocycles. The summed E-state index contributed by atoms with van der Waals surface area (Å²) in [5.41, 5.74) is 8.68. The van der Waals surface area contributed by atoms with Crippen molar-refractivity contribution in [1.29, 1.82) is 0 Å². The molecule has 0 bridgehead atoms. The van der Waals surface area contributed by atoms with Crippen LogP contribution >= 0.6 is 0 Å². The number of urea groups is 1. The summed E-state index contributed by atoms with van der Waals surface area (Å²) in [5.74, 6) is 0. The monoisotopic (exact) mass is 271 g/mol. The number of nitrogens with two attached hydrogens (primary N) is 1. The van der Waals surface area contributed by atoms with E-state index >= 15 is 0 Å². The molecule has 1 fully saturated rings. The Labute approximate surface area is 117 Å². The number of benzene rings is 1. The number of rotatable bonds is 4. The van der Waals surface area contributed by atoms with Crippen LogP contribution in [0.5, 0.6) is 0 Å². The third-order valence-electron chi connectivity index (χ3n) is 3.45. The summed E-state index contributed by atoms with van der Waals surface area (Å²) in [6.45, 7) is 2.83. The lowest BCUT2D eigenvalue weighted by molar-refractivity contribution is 0.215. The minimum Gasteiger partial charge on any atom is -0.398 e. The number of carbonyl (C=O) groups is 1. The molecule has 20 heavy (non-hydrogen) atoms. The van der Waals surface area contributed by atoms with E-state index in [-0.39, 0.29) is 6.03 Å². The number of hydrogen-bond acceptors (Lipinski definition) is 3. The van der Waals surface area contributed by atoms with Gasteiger partial charge >= 0.3 is 6.03 Å². The van der Waals surface area contributed by atoms with Gasteiger partial charge in [-0.05, 0) is 6.07 Å². The molecule has 0 radical (unpaired) electrons. The molecule has 0 unspecified atom stereocenters. The Morgan fingerprint density at radius 2 is 2.15 bits per heavy atom. The summed E-state index contributed by atoms with van der Waals surface area (Å²) in [6, 6.07) is 7.73. The van der Waals surface area contributed by atoms with Gasteiger partial charge in [-0.2, -0.15) is 5.10 Å². The highest BCUT2D eigenvalue weighted by molar-refractivity contribution is 5.76. The van der Waals surface area contributed by atoms with Crippen molar-refractivity contribution in [3.05, 3.63) is 36.7 Å². The maximum absolute atomic E-state index is 11.4. The Bertz CT molecular complexity index is 622. The fourth-order valence-electron chi connectivity index (χ4n) is 2.33. The summed E-state index contributed by atoms with van der Waals surface area (Å²) < 4.78 is 1.84. The second kappa shape index (κ2) is 5.24. The molecule has 6 heteroatoms. The molecule has 2 heterocycles. The standard InChI is InChI=1S/C14H17N5O/c15-13-4-2-1-3-12(13)11-9-17-19(10-11)8-7-18-6-5-16-14(18)20/h1-4,9-10H,5-8,15H2,(H,16,20). The Morgan fingerprint density at radius 3 is 2.90 bits per heavy atom. The van der Waals surface area contributed by atoms with E-state index in [0.29, 0.717) is 13.1 Å². The highest BCUT2D eigenvalue weighted by Crippen LogP contribution is 2.24. The predicted molar refractivity (Wildman–Crippen MR) is 77.0 cm³/mol. The first-order valence-electron chi connectivity index (χ1n) is 6.64. The Hall–Kier alpha value is -2.50. The van der Waals surface area contributed by atoms with Gasteiger partial charge < -0.3 is 16.0 Å². The first kappa shape index (κ1) is 12.5. The van der Waals surface area contributed by atoms with Crippen LogP contribution in [0.15, 0.2) is 36.7 Å². The van der Waals surface area contributed by atoms with Crippen LogP contribution in [-0.2, 0) is 6.54 Å². The molecule has 1 aliphatic heterocycles. The second-order valence-corrected chi connectivity index (χ2v) is 4.80. The Morgan fingerprint density at radius 1 is 1.30 bits per heavy atom. The fourth-order valence-corrected chi connectivity index (χ4v) is 2.33. The number of anilines is 1. The minimum absolute atomic E-state index is 0.00434. The van der Waals surface area contributed by atoms with E-state index < -0.39 is 0 Å². The van der Waals surface area contributed by atoms with Crippen molar-refractivity contribution >= 4 is 11.7 Å². The van der Waals surface area contributed by atoms with Gasteiger partial charge in [-0.3, -0.25) is 4.68 Å². The molecular formula is C14H17N5O. The molecule has 6 nitrogen and oxygen atoms in total. The van der Waals surface area contributed by atoms with Gasteiger partial charge in [0, 0.05) is 42.6 Å². The quantitative estimate of drug-likeness (QED) is 0.819. The second-order valence-electron chi connectivity index (χ2n) is 4.80. The summed E-state index contributed by atoms with van der Waals surface area (Å²) in [4.78, 5) is 13.2. The van der Waals surface area contributed by atoms with E-state index in [0.717, 1.165) is 29.9 Å². The molecule has 2 aromatic rings. The largest absolute Gasteiger partial charge is 0.398 e. The fraction of sp³-hybridized carbons (Fsp3) is 0.286. The van der Waals surface area contributed by atoms with Crippen molar-refractivity contribution in [3.63, 3.8) is 0 Å². The highest BCUT2D eigenvalue weighted by atomic mass is 16.2. The summed E-state index contributed by atoms with van der Waals surface area (Å²) >= 11 is 0. The van der Waals surface area contributed by atoms with Crippen LogP contribution < -0.4 is 11.1 Å². The van der Waals surface area contributed by atoms with Crippen molar-refractivity contribution in [3.8, 4) is 11.1 Å². The highest BCUT2D eigenvalue weighted by Gasteiger charge is 2.18. The van der Waals surface area contributed by atoms with E-state index in [4.69, 9.17) is 5.73 Å². The third-order valence-corrected chi connectivity index (χ3v) is 3.45. The van der Waals surface area contributed by atoms with E-state index in [2.05, 4.69) is 10.4 Å². The smallest absolute Gasteiger partial charge is 0.317 e. The van der Waals surface area contributed by atoms with Crippen molar-refractivity contribution < 1.29 is 4.79 Å². The molecule has 2 amide bonds. The molecule has 1 aliphatic rings. The summed E-state index contributed by atoms with van der Waals surface area (Å²) in [5, 5.41) is 7.11. The van der Waals surface area contributed by atoms with Crippen LogP contribution in [0.1, 0.15) is 0 Å². The predicted octanol–water partition coefficient (Wildman–Crippen LogP) is 1.16. The van der Waals surface area contributed by atoms with Crippen LogP contribution in [0.4, 0.5) is 10.5 Å². The maximum atomic E-state index is 11.4. The zero-order valence-electron chi connectivity index (χ0n) is 11.1. The lowest BCUT2D eigenvalue weighted by Crippen LogP contribution is -2.31. The molecule has 3 rings (SSSR count).